The summed E-state index contributed by atoms with van der Waals surface area (Å²) >= 11 is 1.70. The fourth-order valence-corrected chi connectivity index (χ4v) is 3.61. The van der Waals surface area contributed by atoms with Crippen molar-refractivity contribution in [3.05, 3.63) is 60.8 Å². The van der Waals surface area contributed by atoms with Gasteiger partial charge in [-0.3, -0.25) is 4.79 Å². The quantitative estimate of drug-likeness (QED) is 0.128. The highest BCUT2D eigenvalue weighted by Crippen LogP contribution is 2.19. The standard InChI is InChI=1S/C26H42O2S/c1-4-7-8-9-10-11-12-13-14-15-16-17-18-19-20-21-22-23-24-25(29-6-3)26(27)28-5-2/h7-8,10-11,13-14,16-17,19-20,25H,4-6,9,12,15,18,21-24H2,1-3H3. The van der Waals surface area contributed by atoms with Gasteiger partial charge in [-0.15, -0.1) is 11.8 Å². The lowest BCUT2D eigenvalue weighted by molar-refractivity contribution is -0.142. The first-order valence-electron chi connectivity index (χ1n) is 11.3. The van der Waals surface area contributed by atoms with Crippen LogP contribution in [0.3, 0.4) is 0 Å². The van der Waals surface area contributed by atoms with Crippen LogP contribution < -0.4 is 0 Å². The summed E-state index contributed by atoms with van der Waals surface area (Å²) in [6.07, 6.45) is 31.6. The first kappa shape index (κ1) is 27.5. The zero-order chi connectivity index (χ0) is 21.4. The molecule has 2 nitrogen and oxygen atoms in total. The number of hydrogen-bond acceptors (Lipinski definition) is 3. The first-order chi connectivity index (χ1) is 14.3. The predicted molar refractivity (Wildman–Crippen MR) is 131 cm³/mol. The zero-order valence-corrected chi connectivity index (χ0v) is 19.7. The molecule has 0 amide bonds. The van der Waals surface area contributed by atoms with Crippen LogP contribution in [0.1, 0.15) is 78.6 Å². The van der Waals surface area contributed by atoms with E-state index in [0.717, 1.165) is 63.5 Å². The van der Waals surface area contributed by atoms with Crippen molar-refractivity contribution in [3.63, 3.8) is 0 Å². The molecule has 0 spiro atoms. The lowest BCUT2D eigenvalue weighted by Gasteiger charge is -2.13. The molecule has 0 N–H and O–H groups in total. The van der Waals surface area contributed by atoms with Gasteiger partial charge in [0.25, 0.3) is 0 Å². The van der Waals surface area contributed by atoms with E-state index in [9.17, 15) is 4.79 Å². The molecule has 0 aliphatic heterocycles. The molecular formula is C26H42O2S. The second kappa shape index (κ2) is 22.8. The molecule has 0 radical (unpaired) electrons. The van der Waals surface area contributed by atoms with Crippen molar-refractivity contribution < 1.29 is 9.53 Å². The van der Waals surface area contributed by atoms with Crippen LogP contribution in [-0.2, 0) is 9.53 Å². The number of unbranched alkanes of at least 4 members (excludes halogenated alkanes) is 2. The van der Waals surface area contributed by atoms with E-state index < -0.39 is 0 Å². The topological polar surface area (TPSA) is 26.3 Å². The minimum Gasteiger partial charge on any atom is -0.465 e. The Balaban J connectivity index is 3.69. The molecule has 0 rings (SSSR count). The third-order valence-electron chi connectivity index (χ3n) is 4.16. The van der Waals surface area contributed by atoms with Gasteiger partial charge in [0.2, 0.25) is 0 Å². The number of rotatable bonds is 18. The average molecular weight is 419 g/mol. The Morgan fingerprint density at radius 3 is 1.76 bits per heavy atom. The van der Waals surface area contributed by atoms with E-state index in [1.54, 1.807) is 11.8 Å². The summed E-state index contributed by atoms with van der Waals surface area (Å²) in [5.41, 5.74) is 0. The Morgan fingerprint density at radius 2 is 1.28 bits per heavy atom. The number of carbonyl (C=O) groups is 1. The highest BCUT2D eigenvalue weighted by Gasteiger charge is 2.18. The average Bonchev–Trinajstić information content (AvgIpc) is 2.72. The maximum Gasteiger partial charge on any atom is 0.319 e. The van der Waals surface area contributed by atoms with Crippen LogP contribution in [0.2, 0.25) is 0 Å². The maximum absolute atomic E-state index is 11.9. The number of esters is 1. The van der Waals surface area contributed by atoms with E-state index in [1.165, 1.54) is 0 Å². The van der Waals surface area contributed by atoms with Crippen LogP contribution >= 0.6 is 11.8 Å². The van der Waals surface area contributed by atoms with Crippen molar-refractivity contribution in [2.45, 2.75) is 83.8 Å². The Kier molecular flexibility index (Phi) is 21.6. The molecule has 0 saturated carbocycles. The third-order valence-corrected chi connectivity index (χ3v) is 5.33. The normalized spacial score (nSPS) is 13.6. The van der Waals surface area contributed by atoms with Gasteiger partial charge in [-0.05, 0) is 64.0 Å². The molecule has 0 fully saturated rings. The highest BCUT2D eigenvalue weighted by molar-refractivity contribution is 8.00. The Hall–Kier alpha value is -1.48. The molecule has 1 unspecified atom stereocenters. The minimum absolute atomic E-state index is 0.00769. The van der Waals surface area contributed by atoms with Gasteiger partial charge in [-0.2, -0.15) is 0 Å². The molecule has 0 aromatic heterocycles. The van der Waals surface area contributed by atoms with Gasteiger partial charge in [0.15, 0.2) is 0 Å². The first-order valence-corrected chi connectivity index (χ1v) is 12.3. The van der Waals surface area contributed by atoms with E-state index >= 15 is 0 Å². The summed E-state index contributed by atoms with van der Waals surface area (Å²) in [7, 11) is 0. The van der Waals surface area contributed by atoms with E-state index in [-0.39, 0.29) is 11.2 Å². The van der Waals surface area contributed by atoms with Gasteiger partial charge in [-0.1, -0.05) is 81.0 Å². The number of allylic oxidation sites excluding steroid dienone is 10. The molecule has 0 aromatic rings. The second-order valence-corrected chi connectivity index (χ2v) is 8.17. The number of thioether (sulfide) groups is 1. The van der Waals surface area contributed by atoms with Crippen LogP contribution in [0.25, 0.3) is 0 Å². The van der Waals surface area contributed by atoms with E-state index in [0.29, 0.717) is 6.61 Å². The molecule has 1 atom stereocenters. The number of ether oxygens (including phenoxy) is 1. The molecular weight excluding hydrogens is 376 g/mol. The fraction of sp³-hybridized carbons (Fsp3) is 0.577. The predicted octanol–water partition coefficient (Wildman–Crippen LogP) is 7.98. The van der Waals surface area contributed by atoms with Gasteiger partial charge >= 0.3 is 5.97 Å². The van der Waals surface area contributed by atoms with Crippen molar-refractivity contribution in [1.82, 2.24) is 0 Å². The van der Waals surface area contributed by atoms with E-state index in [1.807, 2.05) is 6.92 Å². The van der Waals surface area contributed by atoms with Gasteiger partial charge in [0, 0.05) is 0 Å². The summed E-state index contributed by atoms with van der Waals surface area (Å²) in [6.45, 7) is 6.59. The van der Waals surface area contributed by atoms with Crippen LogP contribution in [0.15, 0.2) is 60.8 Å². The molecule has 0 bridgehead atoms. The summed E-state index contributed by atoms with van der Waals surface area (Å²) in [6, 6.07) is 0. The summed E-state index contributed by atoms with van der Waals surface area (Å²) in [4.78, 5) is 11.9. The number of carbonyl (C=O) groups excluding carboxylic acids is 1. The van der Waals surface area contributed by atoms with Crippen LogP contribution in [0.4, 0.5) is 0 Å². The molecule has 3 heteroatoms. The molecule has 0 aromatic carbocycles. The van der Waals surface area contributed by atoms with Crippen LogP contribution in [0.5, 0.6) is 0 Å². The van der Waals surface area contributed by atoms with Gasteiger partial charge in [0.05, 0.1) is 6.61 Å². The van der Waals surface area contributed by atoms with Gasteiger partial charge < -0.3 is 4.74 Å². The van der Waals surface area contributed by atoms with Crippen molar-refractivity contribution in [2.75, 3.05) is 12.4 Å². The Bertz CT molecular complexity index is 515. The third kappa shape index (κ3) is 19.6. The van der Waals surface area contributed by atoms with Crippen LogP contribution in [-0.4, -0.2) is 23.6 Å². The van der Waals surface area contributed by atoms with Crippen LogP contribution in [0, 0.1) is 0 Å². The molecule has 0 saturated heterocycles. The monoisotopic (exact) mass is 418 g/mol. The SMILES string of the molecule is CCC=CCC=CCC=CCC=CCC=CCCCCC(SCC)C(=O)OCC. The van der Waals surface area contributed by atoms with E-state index in [4.69, 9.17) is 4.74 Å². The number of hydrogen-bond donors (Lipinski definition) is 0. The maximum atomic E-state index is 11.9. The Morgan fingerprint density at radius 1 is 0.759 bits per heavy atom. The molecule has 0 heterocycles. The molecule has 164 valence electrons. The van der Waals surface area contributed by atoms with Crippen molar-refractivity contribution in [1.29, 1.82) is 0 Å². The van der Waals surface area contributed by atoms with Gasteiger partial charge in [0.1, 0.15) is 5.25 Å². The summed E-state index contributed by atoms with van der Waals surface area (Å²) in [5, 5.41) is 0.00769. The Labute approximate surface area is 184 Å². The summed E-state index contributed by atoms with van der Waals surface area (Å²) < 4.78 is 5.15. The smallest absolute Gasteiger partial charge is 0.319 e. The molecule has 0 aliphatic carbocycles. The van der Waals surface area contributed by atoms with Crippen molar-refractivity contribution in [3.8, 4) is 0 Å². The van der Waals surface area contributed by atoms with Crippen molar-refractivity contribution >= 4 is 17.7 Å². The largest absolute Gasteiger partial charge is 0.465 e. The zero-order valence-electron chi connectivity index (χ0n) is 18.9. The van der Waals surface area contributed by atoms with Gasteiger partial charge in [-0.25, -0.2) is 0 Å². The van der Waals surface area contributed by atoms with E-state index in [2.05, 4.69) is 74.6 Å². The lowest BCUT2D eigenvalue weighted by Crippen LogP contribution is -2.20. The minimum atomic E-state index is -0.0470. The second-order valence-electron chi connectivity index (χ2n) is 6.69. The highest BCUT2D eigenvalue weighted by atomic mass is 32.2. The van der Waals surface area contributed by atoms with Crippen molar-refractivity contribution in [2.24, 2.45) is 0 Å². The fourth-order valence-electron chi connectivity index (χ4n) is 2.67. The molecule has 0 aliphatic rings. The lowest BCUT2D eigenvalue weighted by atomic mass is 10.1. The summed E-state index contributed by atoms with van der Waals surface area (Å²) in [5.74, 6) is 0.910. The molecule has 29 heavy (non-hydrogen) atoms.